The highest BCUT2D eigenvalue weighted by molar-refractivity contribution is 4.83. The van der Waals surface area contributed by atoms with Crippen molar-refractivity contribution in [3.63, 3.8) is 0 Å². The number of rotatable bonds is 0. The Morgan fingerprint density at radius 1 is 0.917 bits per heavy atom. The number of hydrogen-bond donors (Lipinski definition) is 0. The third-order valence-corrected chi connectivity index (χ3v) is 2.56. The molecule has 0 N–H and O–H groups in total. The van der Waals surface area contributed by atoms with Gasteiger partial charge < -0.3 is 0 Å². The molecule has 74 valence electrons. The summed E-state index contributed by atoms with van der Waals surface area (Å²) in [5, 5.41) is 0. The van der Waals surface area contributed by atoms with E-state index < -0.39 is 0 Å². The van der Waals surface area contributed by atoms with Crippen molar-refractivity contribution in [2.75, 3.05) is 0 Å². The maximum absolute atomic E-state index is 2.12. The minimum atomic E-state index is 1.18. The van der Waals surface area contributed by atoms with Crippen LogP contribution < -0.4 is 0 Å². The molecule has 0 aliphatic heterocycles. The Morgan fingerprint density at radius 3 is 1.33 bits per heavy atom. The van der Waals surface area contributed by atoms with Crippen LogP contribution in [0.25, 0.3) is 0 Å². The molecule has 0 saturated heterocycles. The van der Waals surface area contributed by atoms with Gasteiger partial charge in [0.1, 0.15) is 0 Å². The van der Waals surface area contributed by atoms with Crippen LogP contribution in [-0.4, -0.2) is 0 Å². The first kappa shape index (κ1) is 12.0. The van der Waals surface area contributed by atoms with Gasteiger partial charge in [-0.2, -0.15) is 0 Å². The summed E-state index contributed by atoms with van der Waals surface area (Å²) in [4.78, 5) is 0. The molecule has 0 heteroatoms. The Bertz CT molecular complexity index is 66.5. The van der Waals surface area contributed by atoms with Crippen molar-refractivity contribution in [1.82, 2.24) is 0 Å². The standard InChI is InChI=1S/C7H12.C3H8.C2H6/c1-2-6-4-7(3-1)5-6;1-3-2;1-2/h6-7H,1-5H2;3H2,1-2H3;1-2H3. The van der Waals surface area contributed by atoms with Gasteiger partial charge in [-0.3, -0.25) is 0 Å². The molecule has 0 spiro atoms. The van der Waals surface area contributed by atoms with Gasteiger partial charge >= 0.3 is 0 Å². The summed E-state index contributed by atoms with van der Waals surface area (Å²) in [6.07, 6.45) is 9.06. The first-order valence-electron chi connectivity index (χ1n) is 5.86. The second-order valence-corrected chi connectivity index (χ2v) is 3.84. The molecule has 3 aliphatic carbocycles. The summed E-state index contributed by atoms with van der Waals surface area (Å²) in [5.41, 5.74) is 0. The van der Waals surface area contributed by atoms with Crippen LogP contribution in [0.15, 0.2) is 0 Å². The van der Waals surface area contributed by atoms with Gasteiger partial charge in [-0.1, -0.05) is 53.4 Å². The largest absolute Gasteiger partial charge is 0.0683 e. The summed E-state index contributed by atoms with van der Waals surface area (Å²) < 4.78 is 0. The molecule has 3 fully saturated rings. The van der Waals surface area contributed by atoms with E-state index in [1.807, 2.05) is 13.8 Å². The van der Waals surface area contributed by atoms with Crippen LogP contribution in [0.1, 0.15) is 66.2 Å². The third-order valence-electron chi connectivity index (χ3n) is 2.56. The molecule has 0 aromatic carbocycles. The van der Waals surface area contributed by atoms with Gasteiger partial charge in [-0.15, -0.1) is 0 Å². The van der Waals surface area contributed by atoms with Crippen LogP contribution in [0.2, 0.25) is 0 Å². The highest BCUT2D eigenvalue weighted by atomic mass is 14.4. The minimum absolute atomic E-state index is 1.18. The fourth-order valence-corrected chi connectivity index (χ4v) is 2.04. The van der Waals surface area contributed by atoms with Gasteiger partial charge in [0.15, 0.2) is 0 Å². The number of hydrogen-bond acceptors (Lipinski definition) is 0. The molecule has 2 bridgehead atoms. The highest BCUT2D eigenvalue weighted by Crippen LogP contribution is 2.45. The lowest BCUT2D eigenvalue weighted by molar-refractivity contribution is 0.116. The molecule has 0 aromatic heterocycles. The minimum Gasteiger partial charge on any atom is -0.0683 e. The van der Waals surface area contributed by atoms with E-state index in [0.717, 1.165) is 0 Å². The van der Waals surface area contributed by atoms with Crippen molar-refractivity contribution in [2.45, 2.75) is 66.2 Å². The Morgan fingerprint density at radius 2 is 1.25 bits per heavy atom. The van der Waals surface area contributed by atoms with Gasteiger partial charge in [0.2, 0.25) is 0 Å². The maximum Gasteiger partial charge on any atom is -0.0409 e. The fraction of sp³-hybridized carbons (Fsp3) is 1.00. The SMILES string of the molecule is C1CC2CC(C1)C2.CC.CCC. The van der Waals surface area contributed by atoms with Crippen LogP contribution in [0, 0.1) is 11.8 Å². The molecular formula is C12H26. The zero-order valence-corrected chi connectivity index (χ0v) is 9.40. The second-order valence-electron chi connectivity index (χ2n) is 3.84. The monoisotopic (exact) mass is 170 g/mol. The lowest BCUT2D eigenvalue weighted by Crippen LogP contribution is -2.28. The normalized spacial score (nSPS) is 30.0. The van der Waals surface area contributed by atoms with E-state index in [1.165, 1.54) is 24.7 Å². The summed E-state index contributed by atoms with van der Waals surface area (Å²) in [6, 6.07) is 0. The zero-order chi connectivity index (χ0) is 9.40. The van der Waals surface area contributed by atoms with Gasteiger partial charge in [-0.05, 0) is 24.7 Å². The van der Waals surface area contributed by atoms with E-state index in [-0.39, 0.29) is 0 Å². The van der Waals surface area contributed by atoms with Crippen LogP contribution in [0.5, 0.6) is 0 Å². The molecule has 3 saturated carbocycles. The average molecular weight is 170 g/mol. The van der Waals surface area contributed by atoms with Gasteiger partial charge in [-0.25, -0.2) is 0 Å². The lowest BCUT2D eigenvalue weighted by Gasteiger charge is -2.40. The molecule has 0 amide bonds. The first-order chi connectivity index (χ1) is 5.86. The van der Waals surface area contributed by atoms with Crippen LogP contribution in [0.3, 0.4) is 0 Å². The molecule has 12 heavy (non-hydrogen) atoms. The molecule has 3 rings (SSSR count). The Labute approximate surface area is 78.8 Å². The topological polar surface area (TPSA) is 0 Å². The molecule has 0 nitrogen and oxygen atoms in total. The highest BCUT2D eigenvalue weighted by Gasteiger charge is 2.32. The van der Waals surface area contributed by atoms with E-state index in [0.29, 0.717) is 0 Å². The maximum atomic E-state index is 2.12. The third kappa shape index (κ3) is 4.13. The molecular weight excluding hydrogens is 144 g/mol. The molecule has 0 unspecified atom stereocenters. The number of fused-ring (bicyclic) bond motifs is 2. The fourth-order valence-electron chi connectivity index (χ4n) is 2.04. The zero-order valence-electron chi connectivity index (χ0n) is 9.40. The smallest absolute Gasteiger partial charge is 0.0409 e. The Balaban J connectivity index is 0.000000211. The van der Waals surface area contributed by atoms with Crippen molar-refractivity contribution >= 4 is 0 Å². The van der Waals surface area contributed by atoms with E-state index in [4.69, 9.17) is 0 Å². The van der Waals surface area contributed by atoms with Gasteiger partial charge in [0.25, 0.3) is 0 Å². The quantitative estimate of drug-likeness (QED) is 0.497. The van der Waals surface area contributed by atoms with E-state index in [2.05, 4.69) is 13.8 Å². The van der Waals surface area contributed by atoms with Crippen molar-refractivity contribution in [2.24, 2.45) is 11.8 Å². The Hall–Kier alpha value is 0. The van der Waals surface area contributed by atoms with Crippen LogP contribution >= 0.6 is 0 Å². The second kappa shape index (κ2) is 7.64. The summed E-state index contributed by atoms with van der Waals surface area (Å²) in [5.74, 6) is 2.36. The predicted octanol–water partition coefficient (Wildman–Crippen LogP) is 4.64. The van der Waals surface area contributed by atoms with Crippen molar-refractivity contribution in [1.29, 1.82) is 0 Å². The predicted molar refractivity (Wildman–Crippen MR) is 57.4 cm³/mol. The van der Waals surface area contributed by atoms with Crippen molar-refractivity contribution in [3.8, 4) is 0 Å². The van der Waals surface area contributed by atoms with Crippen LogP contribution in [0.4, 0.5) is 0 Å². The van der Waals surface area contributed by atoms with Crippen molar-refractivity contribution in [3.05, 3.63) is 0 Å². The van der Waals surface area contributed by atoms with Gasteiger partial charge in [0.05, 0.1) is 0 Å². The average Bonchev–Trinajstić information content (AvgIpc) is 2.10. The Kier molecular flexibility index (Phi) is 7.64. The summed E-state index contributed by atoms with van der Waals surface area (Å²) in [6.45, 7) is 8.25. The molecule has 0 radical (unpaired) electrons. The molecule has 0 aromatic rings. The lowest BCUT2D eigenvalue weighted by atomic mass is 9.65. The summed E-state index contributed by atoms with van der Waals surface area (Å²) in [7, 11) is 0. The summed E-state index contributed by atoms with van der Waals surface area (Å²) >= 11 is 0. The van der Waals surface area contributed by atoms with Crippen molar-refractivity contribution < 1.29 is 0 Å². The van der Waals surface area contributed by atoms with E-state index in [1.54, 1.807) is 25.7 Å². The van der Waals surface area contributed by atoms with E-state index in [9.17, 15) is 0 Å². The molecule has 0 heterocycles. The van der Waals surface area contributed by atoms with E-state index >= 15 is 0 Å². The molecule has 0 atom stereocenters. The first-order valence-corrected chi connectivity index (χ1v) is 5.86. The molecule has 3 aliphatic rings. The van der Waals surface area contributed by atoms with Crippen LogP contribution in [-0.2, 0) is 0 Å². The van der Waals surface area contributed by atoms with Gasteiger partial charge in [0, 0.05) is 0 Å².